The van der Waals surface area contributed by atoms with Crippen LogP contribution in [0.5, 0.6) is 23.0 Å². The number of Topliss-reactive ketones (excluding diaryl/α,β-unsaturated/α-hetero) is 1. The monoisotopic (exact) mass is 549 g/mol. The number of anilines is 1. The molecule has 1 amide bonds. The van der Waals surface area contributed by atoms with Gasteiger partial charge in [-0.2, -0.15) is 0 Å². The van der Waals surface area contributed by atoms with E-state index in [4.69, 9.17) is 9.47 Å². The smallest absolute Gasteiger partial charge is 0.300 e. The van der Waals surface area contributed by atoms with Crippen LogP contribution < -0.4 is 14.4 Å². The molecule has 1 unspecified atom stereocenters. The Hall–Kier alpha value is -5.04. The minimum Gasteiger partial charge on any atom is -0.507 e. The molecule has 208 valence electrons. The summed E-state index contributed by atoms with van der Waals surface area (Å²) in [5, 5.41) is 22.2. The molecule has 1 aliphatic rings. The number of amides is 1. The van der Waals surface area contributed by atoms with Gasteiger partial charge in [0.05, 0.1) is 23.9 Å². The molecule has 0 radical (unpaired) electrons. The normalized spacial score (nSPS) is 16.3. The second-order valence-electron chi connectivity index (χ2n) is 10.3. The predicted molar refractivity (Wildman–Crippen MR) is 157 cm³/mol. The Labute approximate surface area is 238 Å². The Balaban J connectivity index is 1.63. The number of ketones is 1. The van der Waals surface area contributed by atoms with E-state index in [9.17, 15) is 19.8 Å². The number of carbonyl (C=O) groups is 2. The molecule has 0 saturated carbocycles. The molecule has 1 atom stereocenters. The van der Waals surface area contributed by atoms with Crippen molar-refractivity contribution in [3.05, 3.63) is 119 Å². The number of benzene rings is 4. The minimum atomic E-state index is -1.03. The molecule has 0 spiro atoms. The number of hydrogen-bond acceptors (Lipinski definition) is 6. The number of aliphatic hydroxyl groups is 1. The number of nitrogens with zero attached hydrogens (tertiary/aromatic N) is 1. The van der Waals surface area contributed by atoms with Crippen LogP contribution in [0.2, 0.25) is 0 Å². The molecule has 5 rings (SSSR count). The first kappa shape index (κ1) is 27.5. The summed E-state index contributed by atoms with van der Waals surface area (Å²) in [6, 6.07) is 26.6. The zero-order valence-electron chi connectivity index (χ0n) is 23.1. The largest absolute Gasteiger partial charge is 0.507 e. The summed E-state index contributed by atoms with van der Waals surface area (Å²) in [5.74, 6) is -0.0860. The number of aryl methyl sites for hydroxylation is 1. The summed E-state index contributed by atoms with van der Waals surface area (Å²) in [5.41, 5.74) is 1.74. The molecular weight excluding hydrogens is 518 g/mol. The van der Waals surface area contributed by atoms with Crippen molar-refractivity contribution in [3.8, 4) is 23.0 Å². The van der Waals surface area contributed by atoms with Gasteiger partial charge in [0.2, 0.25) is 0 Å². The van der Waals surface area contributed by atoms with Gasteiger partial charge in [0.1, 0.15) is 28.8 Å². The first-order valence-corrected chi connectivity index (χ1v) is 13.4. The standard InChI is InChI=1S/C34H31NO6/c1-21(2)20-40-29-17-16-24(18-22(29)3)32(37)30-31(35(34(39)33(30)38)27-14-7-8-15-28(27)36)23-10-9-13-26(19-23)41-25-11-5-4-6-12-25/h4-19,21,31,36-37H,20H2,1-3H3/b32-30+. The summed E-state index contributed by atoms with van der Waals surface area (Å²) in [4.78, 5) is 28.3. The number of para-hydroxylation sites is 3. The van der Waals surface area contributed by atoms with E-state index in [1.165, 1.54) is 11.0 Å². The van der Waals surface area contributed by atoms with Crippen molar-refractivity contribution in [1.82, 2.24) is 0 Å². The van der Waals surface area contributed by atoms with Crippen LogP contribution in [0, 0.1) is 12.8 Å². The van der Waals surface area contributed by atoms with E-state index in [2.05, 4.69) is 13.8 Å². The van der Waals surface area contributed by atoms with E-state index in [1.54, 1.807) is 60.7 Å². The van der Waals surface area contributed by atoms with Crippen molar-refractivity contribution in [2.45, 2.75) is 26.8 Å². The van der Waals surface area contributed by atoms with Gasteiger partial charge in [0, 0.05) is 5.56 Å². The van der Waals surface area contributed by atoms with Crippen LogP contribution in [0.15, 0.2) is 103 Å². The molecule has 1 fully saturated rings. The van der Waals surface area contributed by atoms with Gasteiger partial charge < -0.3 is 19.7 Å². The number of aliphatic hydroxyl groups excluding tert-OH is 1. The average molecular weight is 550 g/mol. The van der Waals surface area contributed by atoms with E-state index < -0.39 is 17.7 Å². The Morgan fingerprint density at radius 2 is 1.59 bits per heavy atom. The average Bonchev–Trinajstić information content (AvgIpc) is 3.22. The Kier molecular flexibility index (Phi) is 7.79. The lowest BCUT2D eigenvalue weighted by Gasteiger charge is -2.26. The van der Waals surface area contributed by atoms with Crippen molar-refractivity contribution in [3.63, 3.8) is 0 Å². The molecule has 7 nitrogen and oxygen atoms in total. The number of hydrogen-bond donors (Lipinski definition) is 2. The fraction of sp³-hybridized carbons (Fsp3) is 0.176. The van der Waals surface area contributed by atoms with E-state index in [1.807, 2.05) is 37.3 Å². The van der Waals surface area contributed by atoms with E-state index in [0.717, 1.165) is 5.56 Å². The maximum atomic E-state index is 13.6. The SMILES string of the molecule is Cc1cc(/C(O)=C2\C(=O)C(=O)N(c3ccccc3O)C2c2cccc(Oc3ccccc3)c2)ccc1OCC(C)C. The van der Waals surface area contributed by atoms with Crippen LogP contribution in [0.25, 0.3) is 5.76 Å². The van der Waals surface area contributed by atoms with Gasteiger partial charge in [0.25, 0.3) is 11.7 Å². The minimum absolute atomic E-state index is 0.0923. The van der Waals surface area contributed by atoms with Gasteiger partial charge in [-0.3, -0.25) is 14.5 Å². The summed E-state index contributed by atoms with van der Waals surface area (Å²) >= 11 is 0. The van der Waals surface area contributed by atoms with Crippen LogP contribution in [-0.4, -0.2) is 28.5 Å². The van der Waals surface area contributed by atoms with Crippen LogP contribution in [0.4, 0.5) is 5.69 Å². The molecule has 7 heteroatoms. The lowest BCUT2D eigenvalue weighted by molar-refractivity contribution is -0.132. The Bertz CT molecular complexity index is 1630. The first-order chi connectivity index (χ1) is 19.7. The van der Waals surface area contributed by atoms with Crippen LogP contribution in [-0.2, 0) is 9.59 Å². The van der Waals surface area contributed by atoms with Crippen molar-refractivity contribution >= 4 is 23.1 Å². The highest BCUT2D eigenvalue weighted by Gasteiger charge is 2.47. The highest BCUT2D eigenvalue weighted by atomic mass is 16.5. The molecular formula is C34H31NO6. The maximum Gasteiger partial charge on any atom is 0.300 e. The van der Waals surface area contributed by atoms with Crippen molar-refractivity contribution in [1.29, 1.82) is 0 Å². The number of carbonyl (C=O) groups excluding carboxylic acids is 2. The van der Waals surface area contributed by atoms with Gasteiger partial charge in [0.15, 0.2) is 0 Å². The van der Waals surface area contributed by atoms with Gasteiger partial charge in [-0.15, -0.1) is 0 Å². The highest BCUT2D eigenvalue weighted by molar-refractivity contribution is 6.51. The number of phenols is 1. The summed E-state index contributed by atoms with van der Waals surface area (Å²) < 4.78 is 11.9. The zero-order valence-corrected chi connectivity index (χ0v) is 23.1. The topological polar surface area (TPSA) is 96.3 Å². The summed E-state index contributed by atoms with van der Waals surface area (Å²) in [7, 11) is 0. The second-order valence-corrected chi connectivity index (χ2v) is 10.3. The van der Waals surface area contributed by atoms with Crippen molar-refractivity contribution in [2.75, 3.05) is 11.5 Å². The fourth-order valence-corrected chi connectivity index (χ4v) is 4.81. The number of phenolic OH excluding ortho intramolecular Hbond substituents is 1. The highest BCUT2D eigenvalue weighted by Crippen LogP contribution is 2.45. The van der Waals surface area contributed by atoms with Crippen LogP contribution >= 0.6 is 0 Å². The van der Waals surface area contributed by atoms with Gasteiger partial charge in [-0.05, 0) is 78.6 Å². The van der Waals surface area contributed by atoms with Crippen molar-refractivity contribution < 1.29 is 29.3 Å². The Morgan fingerprint density at radius 3 is 2.29 bits per heavy atom. The zero-order chi connectivity index (χ0) is 29.1. The number of rotatable bonds is 8. The second kappa shape index (κ2) is 11.6. The van der Waals surface area contributed by atoms with E-state index in [-0.39, 0.29) is 22.8 Å². The molecule has 1 saturated heterocycles. The first-order valence-electron chi connectivity index (χ1n) is 13.4. The van der Waals surface area contributed by atoms with Gasteiger partial charge in [-0.25, -0.2) is 0 Å². The third-order valence-electron chi connectivity index (χ3n) is 6.76. The lowest BCUT2D eigenvalue weighted by atomic mass is 9.94. The summed E-state index contributed by atoms with van der Waals surface area (Å²) in [6.45, 7) is 6.51. The molecule has 0 aliphatic carbocycles. The fourth-order valence-electron chi connectivity index (χ4n) is 4.81. The third-order valence-corrected chi connectivity index (χ3v) is 6.76. The molecule has 2 N–H and O–H groups in total. The molecule has 1 heterocycles. The lowest BCUT2D eigenvalue weighted by Crippen LogP contribution is -2.29. The number of ether oxygens (including phenoxy) is 2. The van der Waals surface area contributed by atoms with E-state index >= 15 is 0 Å². The Morgan fingerprint density at radius 1 is 0.878 bits per heavy atom. The summed E-state index contributed by atoms with van der Waals surface area (Å²) in [6.07, 6.45) is 0. The molecule has 41 heavy (non-hydrogen) atoms. The quantitative estimate of drug-likeness (QED) is 0.138. The molecule has 1 aliphatic heterocycles. The third kappa shape index (κ3) is 5.65. The van der Waals surface area contributed by atoms with E-state index in [0.29, 0.717) is 40.9 Å². The molecule has 0 bridgehead atoms. The molecule has 4 aromatic carbocycles. The number of aromatic hydroxyl groups is 1. The van der Waals surface area contributed by atoms with Gasteiger partial charge in [-0.1, -0.05) is 56.3 Å². The van der Waals surface area contributed by atoms with Gasteiger partial charge >= 0.3 is 0 Å². The maximum absolute atomic E-state index is 13.6. The van der Waals surface area contributed by atoms with Crippen molar-refractivity contribution in [2.24, 2.45) is 5.92 Å². The predicted octanol–water partition coefficient (Wildman–Crippen LogP) is 7.15. The van der Waals surface area contributed by atoms with Crippen LogP contribution in [0.1, 0.15) is 36.6 Å². The molecule has 4 aromatic rings. The molecule has 0 aromatic heterocycles. The van der Waals surface area contributed by atoms with Crippen LogP contribution in [0.3, 0.4) is 0 Å².